The van der Waals surface area contributed by atoms with E-state index in [1.807, 2.05) is 25.1 Å². The predicted molar refractivity (Wildman–Crippen MR) is 135 cm³/mol. The summed E-state index contributed by atoms with van der Waals surface area (Å²) in [5, 5.41) is 11.3. The van der Waals surface area contributed by atoms with Gasteiger partial charge >= 0.3 is 0 Å². The summed E-state index contributed by atoms with van der Waals surface area (Å²) in [5.74, 6) is 0.00910. The van der Waals surface area contributed by atoms with Crippen molar-refractivity contribution in [2.45, 2.75) is 39.3 Å². The maximum absolute atomic E-state index is 13.3. The summed E-state index contributed by atoms with van der Waals surface area (Å²) in [6.07, 6.45) is 3.18. The third-order valence-electron chi connectivity index (χ3n) is 7.10. The van der Waals surface area contributed by atoms with E-state index in [1.165, 1.54) is 0 Å². The number of carbonyl (C=O) groups is 1. The zero-order chi connectivity index (χ0) is 24.0. The lowest BCUT2D eigenvalue weighted by Crippen LogP contribution is -2.55. The van der Waals surface area contributed by atoms with Crippen molar-refractivity contribution >= 4 is 28.1 Å². The Bertz CT molecular complexity index is 1210. The number of benzene rings is 1. The number of rotatable bonds is 5. The van der Waals surface area contributed by atoms with Crippen molar-refractivity contribution in [2.75, 3.05) is 36.0 Å². The highest BCUT2D eigenvalue weighted by Gasteiger charge is 2.34. The standard InChI is InChI=1S/C27H33N5O2/c1-17-13-31(14-21(28)26(17)34)24-8-9-29-12-19(24)10-25(33)22-7-5-18-4-6-20(11-23(18)30-22)32-15-27(2,3)16-32/h4-9,11-12,17,21,26,34H,10,13-16,28H2,1-3H3/t17-,21+,26+/m0/s1. The molecule has 0 amide bonds. The Morgan fingerprint density at radius 2 is 1.91 bits per heavy atom. The Balaban J connectivity index is 1.37. The van der Waals surface area contributed by atoms with Gasteiger partial charge in [-0.3, -0.25) is 9.78 Å². The molecule has 0 bridgehead atoms. The number of hydrogen-bond donors (Lipinski definition) is 2. The first-order valence-corrected chi connectivity index (χ1v) is 12.0. The molecule has 7 nitrogen and oxygen atoms in total. The number of ketones is 1. The lowest BCUT2D eigenvalue weighted by atomic mass is 9.84. The zero-order valence-electron chi connectivity index (χ0n) is 20.1. The maximum Gasteiger partial charge on any atom is 0.185 e. The van der Waals surface area contributed by atoms with Gasteiger partial charge in [-0.05, 0) is 29.7 Å². The number of aliphatic hydroxyl groups excluding tert-OH is 1. The molecule has 5 rings (SSSR count). The summed E-state index contributed by atoms with van der Waals surface area (Å²) in [6.45, 7) is 9.81. The van der Waals surface area contributed by atoms with Crippen LogP contribution in [0.15, 0.2) is 48.8 Å². The molecule has 2 saturated heterocycles. The lowest BCUT2D eigenvalue weighted by Gasteiger charge is -2.47. The van der Waals surface area contributed by atoms with Crippen LogP contribution in [0.25, 0.3) is 10.9 Å². The summed E-state index contributed by atoms with van der Waals surface area (Å²) < 4.78 is 0. The average Bonchev–Trinajstić information content (AvgIpc) is 2.80. The molecule has 0 aliphatic carbocycles. The average molecular weight is 460 g/mol. The van der Waals surface area contributed by atoms with E-state index in [0.29, 0.717) is 24.2 Å². The maximum atomic E-state index is 13.3. The third kappa shape index (κ3) is 4.38. The number of aromatic nitrogens is 2. The van der Waals surface area contributed by atoms with Crippen LogP contribution in [0.3, 0.4) is 0 Å². The monoisotopic (exact) mass is 459 g/mol. The number of nitrogens with two attached hydrogens (primary N) is 1. The molecule has 178 valence electrons. The number of anilines is 2. The SMILES string of the molecule is C[C@H]1CN(c2ccncc2CC(=O)c2ccc3ccc(N4CC(C)(C)C4)cc3n2)C[C@@H](N)[C@@H]1O. The van der Waals surface area contributed by atoms with E-state index >= 15 is 0 Å². The van der Waals surface area contributed by atoms with Crippen LogP contribution < -0.4 is 15.5 Å². The van der Waals surface area contributed by atoms with Crippen LogP contribution in [0.1, 0.15) is 36.8 Å². The van der Waals surface area contributed by atoms with E-state index in [1.54, 1.807) is 12.4 Å². The first-order chi connectivity index (χ1) is 16.2. The third-order valence-corrected chi connectivity index (χ3v) is 7.10. The molecule has 0 saturated carbocycles. The molecule has 0 spiro atoms. The summed E-state index contributed by atoms with van der Waals surface area (Å²) in [6, 6.07) is 11.7. The first-order valence-electron chi connectivity index (χ1n) is 12.0. The molecule has 2 aromatic heterocycles. The number of fused-ring (bicyclic) bond motifs is 1. The van der Waals surface area contributed by atoms with Crippen molar-refractivity contribution in [3.05, 3.63) is 60.0 Å². The van der Waals surface area contributed by atoms with E-state index in [2.05, 4.69) is 46.8 Å². The number of Topliss-reactive ketones (excluding diaryl/α,β-unsaturated/α-hetero) is 1. The van der Waals surface area contributed by atoms with Crippen LogP contribution in [0, 0.1) is 11.3 Å². The van der Waals surface area contributed by atoms with Crippen LogP contribution >= 0.6 is 0 Å². The number of nitrogens with zero attached hydrogens (tertiary/aromatic N) is 4. The Morgan fingerprint density at radius 1 is 1.15 bits per heavy atom. The molecular weight excluding hydrogens is 426 g/mol. The van der Waals surface area contributed by atoms with Crippen LogP contribution in [0.4, 0.5) is 11.4 Å². The highest BCUT2D eigenvalue weighted by atomic mass is 16.3. The van der Waals surface area contributed by atoms with Crippen molar-refractivity contribution in [1.29, 1.82) is 0 Å². The first kappa shape index (κ1) is 22.7. The number of hydrogen-bond acceptors (Lipinski definition) is 7. The highest BCUT2D eigenvalue weighted by molar-refractivity contribution is 5.98. The van der Waals surface area contributed by atoms with Gasteiger partial charge in [0, 0.05) is 79.3 Å². The lowest BCUT2D eigenvalue weighted by molar-refractivity contribution is 0.0784. The molecule has 0 unspecified atom stereocenters. The van der Waals surface area contributed by atoms with Crippen molar-refractivity contribution in [2.24, 2.45) is 17.1 Å². The smallest absolute Gasteiger partial charge is 0.185 e. The van der Waals surface area contributed by atoms with Gasteiger partial charge in [-0.25, -0.2) is 4.98 Å². The predicted octanol–water partition coefficient (Wildman–Crippen LogP) is 3.05. The fourth-order valence-electron chi connectivity index (χ4n) is 5.27. The van der Waals surface area contributed by atoms with Gasteiger partial charge in [0.2, 0.25) is 0 Å². The van der Waals surface area contributed by atoms with E-state index in [4.69, 9.17) is 10.7 Å². The minimum atomic E-state index is -0.516. The van der Waals surface area contributed by atoms with Crippen molar-refractivity contribution in [3.63, 3.8) is 0 Å². The molecule has 0 radical (unpaired) electrons. The second kappa shape index (κ2) is 8.64. The number of aliphatic hydroxyl groups is 1. The summed E-state index contributed by atoms with van der Waals surface area (Å²) in [4.78, 5) is 26.7. The van der Waals surface area contributed by atoms with Crippen molar-refractivity contribution < 1.29 is 9.90 Å². The second-order valence-corrected chi connectivity index (χ2v) is 10.7. The fraction of sp³-hybridized carbons (Fsp3) is 0.444. The van der Waals surface area contributed by atoms with Gasteiger partial charge < -0.3 is 20.6 Å². The van der Waals surface area contributed by atoms with Crippen LogP contribution in [-0.2, 0) is 6.42 Å². The molecule has 2 fully saturated rings. The van der Waals surface area contributed by atoms with E-state index < -0.39 is 6.10 Å². The largest absolute Gasteiger partial charge is 0.391 e. The van der Waals surface area contributed by atoms with Gasteiger partial charge in [0.1, 0.15) is 5.69 Å². The highest BCUT2D eigenvalue weighted by Crippen LogP contribution is 2.34. The molecule has 3 atom stereocenters. The summed E-state index contributed by atoms with van der Waals surface area (Å²) in [5.41, 5.74) is 10.8. The van der Waals surface area contributed by atoms with Gasteiger partial charge in [0.05, 0.1) is 11.6 Å². The Labute approximate surface area is 200 Å². The Kier molecular flexibility index (Phi) is 5.78. The minimum absolute atomic E-state index is 0.0407. The molecule has 34 heavy (non-hydrogen) atoms. The van der Waals surface area contributed by atoms with Crippen LogP contribution in [0.2, 0.25) is 0 Å². The molecule has 7 heteroatoms. The Hall–Kier alpha value is -3.03. The van der Waals surface area contributed by atoms with Crippen molar-refractivity contribution in [3.8, 4) is 0 Å². The molecule has 3 aromatic rings. The van der Waals surface area contributed by atoms with E-state index in [-0.39, 0.29) is 24.2 Å². The van der Waals surface area contributed by atoms with Gasteiger partial charge in [-0.1, -0.05) is 32.9 Å². The molecule has 2 aliphatic heterocycles. The van der Waals surface area contributed by atoms with Crippen molar-refractivity contribution in [1.82, 2.24) is 9.97 Å². The molecule has 3 N–H and O–H groups in total. The Morgan fingerprint density at radius 3 is 2.65 bits per heavy atom. The van der Waals surface area contributed by atoms with Gasteiger partial charge in [-0.15, -0.1) is 0 Å². The zero-order valence-corrected chi connectivity index (χ0v) is 20.1. The normalized spacial score (nSPS) is 24.2. The summed E-state index contributed by atoms with van der Waals surface area (Å²) in [7, 11) is 0. The van der Waals surface area contributed by atoms with E-state index in [0.717, 1.165) is 40.9 Å². The second-order valence-electron chi connectivity index (χ2n) is 10.7. The molecule has 1 aromatic carbocycles. The number of piperidine rings is 1. The van der Waals surface area contributed by atoms with Gasteiger partial charge in [-0.2, -0.15) is 0 Å². The van der Waals surface area contributed by atoms with Crippen LogP contribution in [0.5, 0.6) is 0 Å². The topological polar surface area (TPSA) is 95.6 Å². The van der Waals surface area contributed by atoms with Gasteiger partial charge in [0.25, 0.3) is 0 Å². The van der Waals surface area contributed by atoms with Crippen LogP contribution in [-0.4, -0.2) is 59.2 Å². The van der Waals surface area contributed by atoms with Gasteiger partial charge in [0.15, 0.2) is 5.78 Å². The number of pyridine rings is 2. The van der Waals surface area contributed by atoms with E-state index in [9.17, 15) is 9.90 Å². The quantitative estimate of drug-likeness (QED) is 0.566. The summed E-state index contributed by atoms with van der Waals surface area (Å²) >= 11 is 0. The molecule has 2 aliphatic rings. The molecule has 4 heterocycles. The minimum Gasteiger partial charge on any atom is -0.391 e. The molecular formula is C27H33N5O2. The fourth-order valence-corrected chi connectivity index (χ4v) is 5.27. The number of carbonyl (C=O) groups excluding carboxylic acids is 1.